The van der Waals surface area contributed by atoms with Gasteiger partial charge in [0.25, 0.3) is 0 Å². The molecule has 16 nitrogen and oxygen atoms in total. The van der Waals surface area contributed by atoms with Crippen LogP contribution in [-0.4, -0.2) is 104 Å². The van der Waals surface area contributed by atoms with Gasteiger partial charge in [0, 0.05) is 31.4 Å². The van der Waals surface area contributed by atoms with E-state index in [4.69, 9.17) is 14.7 Å². The molecule has 5 saturated heterocycles. The summed E-state index contributed by atoms with van der Waals surface area (Å²) in [7, 11) is 1.27. The van der Waals surface area contributed by atoms with Crippen LogP contribution in [0.15, 0.2) is 48.5 Å². The van der Waals surface area contributed by atoms with Crippen LogP contribution >= 0.6 is 0 Å². The van der Waals surface area contributed by atoms with E-state index in [9.17, 15) is 24.3 Å². The second-order valence-electron chi connectivity index (χ2n) is 20.8. The number of H-pyrrole nitrogens is 2. The molecule has 11 rings (SSSR count). The predicted molar refractivity (Wildman–Crippen MR) is 260 cm³/mol. The number of likely N-dealkylation sites (tertiary alicyclic amines) is 2. The lowest BCUT2D eigenvalue weighted by atomic mass is 9.79. The zero-order valence-electron chi connectivity index (χ0n) is 40.5. The zero-order valence-corrected chi connectivity index (χ0v) is 40.5. The molecule has 0 radical (unpaired) electrons. The molecular weight excluding hydrogens is 899 g/mol. The zero-order chi connectivity index (χ0) is 49.1. The quantitative estimate of drug-likeness (QED) is 0.0806. The predicted octanol–water partition coefficient (Wildman–Crippen LogP) is 9.18. The van der Waals surface area contributed by atoms with Gasteiger partial charge in [-0.25, -0.2) is 28.3 Å². The summed E-state index contributed by atoms with van der Waals surface area (Å²) in [6.07, 6.45) is 6.41. The molecule has 5 N–H and O–H groups in total. The highest BCUT2D eigenvalue weighted by Crippen LogP contribution is 2.50. The van der Waals surface area contributed by atoms with Gasteiger partial charge in [-0.3, -0.25) is 9.59 Å². The molecule has 372 valence electrons. The largest absolute Gasteiger partial charge is 0.465 e. The van der Waals surface area contributed by atoms with Crippen LogP contribution in [-0.2, 0) is 14.3 Å². The van der Waals surface area contributed by atoms with Crippen LogP contribution in [0.5, 0.6) is 0 Å². The third-order valence-electron chi connectivity index (χ3n) is 15.8. The maximum absolute atomic E-state index is 16.7. The third kappa shape index (κ3) is 8.75. The summed E-state index contributed by atoms with van der Waals surface area (Å²) in [5.41, 5.74) is 5.36. The molecule has 6 fully saturated rings. The SMILES string of the molecule is COC(=O)N[C@H](C(=O)N1CCC[C@H]1c1nc2ccc([C@H]3CC[C@H](c4ccc5nc([C@@H]6CCCN6C(=O)[C@@H](NC(=O)O)C(C)C)[nH]c5c4)N3c3cc(F)c(N4CC5CCC4CC5)c(F)c3)cc2[nH]1)C(C)C. The lowest BCUT2D eigenvalue weighted by Crippen LogP contribution is -2.51. The van der Waals surface area contributed by atoms with Crippen LogP contribution in [0.25, 0.3) is 22.1 Å². The Morgan fingerprint density at radius 2 is 1.19 bits per heavy atom. The minimum Gasteiger partial charge on any atom is -0.465 e. The number of aromatic nitrogens is 4. The van der Waals surface area contributed by atoms with Gasteiger partial charge in [-0.1, -0.05) is 39.8 Å². The fourth-order valence-electron chi connectivity index (χ4n) is 12.3. The Morgan fingerprint density at radius 3 is 1.63 bits per heavy atom. The molecule has 5 aliphatic heterocycles. The number of aromatic amines is 2. The summed E-state index contributed by atoms with van der Waals surface area (Å²) in [6.45, 7) is 9.07. The van der Waals surface area contributed by atoms with E-state index in [0.29, 0.717) is 74.1 Å². The third-order valence-corrected chi connectivity index (χ3v) is 15.8. The number of amides is 4. The van der Waals surface area contributed by atoms with Gasteiger partial charge in [0.15, 0.2) is 11.6 Å². The summed E-state index contributed by atoms with van der Waals surface area (Å²) in [6, 6.07) is 12.3. The number of piperidine rings is 2. The number of hydrogen-bond donors (Lipinski definition) is 5. The highest BCUT2D eigenvalue weighted by atomic mass is 19.1. The highest BCUT2D eigenvalue weighted by Gasteiger charge is 2.42. The van der Waals surface area contributed by atoms with Gasteiger partial charge >= 0.3 is 12.2 Å². The summed E-state index contributed by atoms with van der Waals surface area (Å²) < 4.78 is 38.2. The molecule has 70 heavy (non-hydrogen) atoms. The standard InChI is InChI=1S/C52H64F2N10O6/c1-27(2)44(59-51(67)68)49(65)61-20-6-8-42(61)47-55-36-16-12-30(22-38(36)57-47)40-18-19-41(64(40)33-24-34(53)46(35(54)25-33)63-26-29-10-14-32(63)15-11-29)31-13-17-37-39(23-31)58-48(56-37)43-9-7-21-62(43)50(66)45(28(3)4)60-52(69)70-5/h12-13,16-17,22-25,27-29,32,40-45,59H,6-11,14-15,18-21,26H2,1-5H3,(H,55,57)(H,56,58)(H,60,69)(H,67,68)/t29?,32?,40-,41-,42+,43+,44+,45+/m1/s1. The first-order valence-corrected chi connectivity index (χ1v) is 25.1. The Hall–Kier alpha value is -6.46. The molecular formula is C52H64F2N10O6. The summed E-state index contributed by atoms with van der Waals surface area (Å²) in [4.78, 5) is 76.1. The molecule has 0 unspecified atom stereocenters. The minimum absolute atomic E-state index is 0.0568. The average molecular weight is 963 g/mol. The number of halogens is 2. The van der Waals surface area contributed by atoms with Crippen LogP contribution in [0.1, 0.15) is 139 Å². The van der Waals surface area contributed by atoms with Crippen molar-refractivity contribution in [2.45, 2.75) is 134 Å². The number of anilines is 2. The van der Waals surface area contributed by atoms with Crippen molar-refractivity contribution in [3.05, 3.63) is 82.9 Å². The molecule has 7 heterocycles. The number of nitrogens with one attached hydrogen (secondary N) is 4. The Morgan fingerprint density at radius 1 is 0.686 bits per heavy atom. The number of imidazole rings is 2. The molecule has 5 aromatic rings. The van der Waals surface area contributed by atoms with E-state index >= 15 is 8.78 Å². The number of carboxylic acid groups (broad SMARTS) is 1. The number of ether oxygens (including phenoxy) is 1. The number of carbonyl (C=O) groups excluding carboxylic acids is 3. The van der Waals surface area contributed by atoms with Crippen molar-refractivity contribution >= 4 is 57.4 Å². The highest BCUT2D eigenvalue weighted by molar-refractivity contribution is 5.87. The summed E-state index contributed by atoms with van der Waals surface area (Å²) in [5.74, 6) is -0.321. The Balaban J connectivity index is 0.977. The minimum atomic E-state index is -1.25. The number of benzene rings is 3. The number of fused-ring (bicyclic) bond motifs is 5. The second-order valence-corrected chi connectivity index (χ2v) is 20.8. The van der Waals surface area contributed by atoms with E-state index in [2.05, 4.69) is 31.6 Å². The van der Waals surface area contributed by atoms with Crippen molar-refractivity contribution in [2.75, 3.05) is 36.5 Å². The first-order valence-electron chi connectivity index (χ1n) is 25.1. The van der Waals surface area contributed by atoms with Crippen molar-refractivity contribution < 1.29 is 37.8 Å². The number of carbonyl (C=O) groups is 4. The average Bonchev–Trinajstić information content (AvgIpc) is 4.20. The first kappa shape index (κ1) is 47.2. The molecule has 3 aromatic carbocycles. The second kappa shape index (κ2) is 19.0. The number of hydrogen-bond acceptors (Lipinski definition) is 9. The molecule has 1 aliphatic carbocycles. The maximum Gasteiger partial charge on any atom is 0.407 e. The van der Waals surface area contributed by atoms with Gasteiger partial charge in [0.05, 0.1) is 53.3 Å². The number of rotatable bonds is 12. The van der Waals surface area contributed by atoms with Crippen molar-refractivity contribution in [1.29, 1.82) is 0 Å². The van der Waals surface area contributed by atoms with Gasteiger partial charge in [0.1, 0.15) is 29.4 Å². The number of alkyl carbamates (subject to hydrolysis) is 1. The molecule has 18 heteroatoms. The molecule has 2 aromatic heterocycles. The number of nitrogens with zero attached hydrogens (tertiary/aromatic N) is 6. The first-order chi connectivity index (χ1) is 33.7. The van der Waals surface area contributed by atoms with Gasteiger partial charge in [-0.05, 0) is 129 Å². The fraction of sp³-hybridized carbons (Fsp3) is 0.538. The normalized spacial score (nSPS) is 24.4. The van der Waals surface area contributed by atoms with E-state index in [0.717, 1.165) is 66.2 Å². The Labute approximate surface area is 405 Å². The van der Waals surface area contributed by atoms with Crippen molar-refractivity contribution in [1.82, 2.24) is 40.4 Å². The van der Waals surface area contributed by atoms with Crippen LogP contribution in [0.4, 0.5) is 29.7 Å². The van der Waals surface area contributed by atoms with E-state index in [1.807, 2.05) is 62.9 Å². The smallest absolute Gasteiger partial charge is 0.407 e. The van der Waals surface area contributed by atoms with E-state index < -0.39 is 35.9 Å². The van der Waals surface area contributed by atoms with Crippen LogP contribution < -0.4 is 20.4 Å². The van der Waals surface area contributed by atoms with Crippen molar-refractivity contribution in [3.8, 4) is 0 Å². The van der Waals surface area contributed by atoms with E-state index in [-0.39, 0.29) is 59.5 Å². The van der Waals surface area contributed by atoms with E-state index in [1.54, 1.807) is 9.80 Å². The Kier molecular flexibility index (Phi) is 12.8. The molecule has 4 amide bonds. The van der Waals surface area contributed by atoms with Crippen LogP contribution in [0, 0.1) is 29.4 Å². The monoisotopic (exact) mass is 962 g/mol. The van der Waals surface area contributed by atoms with Gasteiger partial charge in [-0.15, -0.1) is 0 Å². The molecule has 6 atom stereocenters. The lowest BCUT2D eigenvalue weighted by molar-refractivity contribution is -0.136. The topological polar surface area (TPSA) is 192 Å². The molecule has 2 bridgehead atoms. The van der Waals surface area contributed by atoms with Crippen molar-refractivity contribution in [2.24, 2.45) is 17.8 Å². The molecule has 6 aliphatic rings. The number of methoxy groups -OCH3 is 1. The molecule has 1 saturated carbocycles. The summed E-state index contributed by atoms with van der Waals surface area (Å²) in [5, 5.41) is 14.6. The summed E-state index contributed by atoms with van der Waals surface area (Å²) >= 11 is 0. The Bertz CT molecular complexity index is 2780. The van der Waals surface area contributed by atoms with Gasteiger partial charge < -0.3 is 50.0 Å². The van der Waals surface area contributed by atoms with Gasteiger partial charge in [-0.2, -0.15) is 0 Å². The lowest BCUT2D eigenvalue weighted by Gasteiger charge is -2.47. The maximum atomic E-state index is 16.7. The molecule has 0 spiro atoms. The van der Waals surface area contributed by atoms with Gasteiger partial charge in [0.2, 0.25) is 11.8 Å². The van der Waals surface area contributed by atoms with E-state index in [1.165, 1.54) is 19.2 Å². The van der Waals surface area contributed by atoms with Crippen molar-refractivity contribution in [3.63, 3.8) is 0 Å². The van der Waals surface area contributed by atoms with Crippen LogP contribution in [0.2, 0.25) is 0 Å². The van der Waals surface area contributed by atoms with Crippen LogP contribution in [0.3, 0.4) is 0 Å². The fourth-order valence-corrected chi connectivity index (χ4v) is 12.3.